The van der Waals surface area contributed by atoms with Gasteiger partial charge in [0.05, 0.1) is 13.0 Å². The number of amides is 3. The van der Waals surface area contributed by atoms with Gasteiger partial charge in [0, 0.05) is 26.2 Å². The van der Waals surface area contributed by atoms with E-state index in [0.29, 0.717) is 44.9 Å². The minimum atomic E-state index is -0.429. The summed E-state index contributed by atoms with van der Waals surface area (Å²) in [6.07, 6.45) is 0.872. The lowest BCUT2D eigenvalue weighted by molar-refractivity contribution is -0.156. The summed E-state index contributed by atoms with van der Waals surface area (Å²) in [5.74, 6) is 0.402. The van der Waals surface area contributed by atoms with Crippen LogP contribution >= 0.6 is 0 Å². The second-order valence-corrected chi connectivity index (χ2v) is 7.99. The highest BCUT2D eigenvalue weighted by atomic mass is 16.2. The Morgan fingerprint density at radius 3 is 2.59 bits per heavy atom. The van der Waals surface area contributed by atoms with Crippen LogP contribution in [0, 0.1) is 12.8 Å². The van der Waals surface area contributed by atoms with E-state index in [9.17, 15) is 14.4 Å². The van der Waals surface area contributed by atoms with Crippen LogP contribution in [-0.4, -0.2) is 71.2 Å². The first-order valence-corrected chi connectivity index (χ1v) is 9.77. The van der Waals surface area contributed by atoms with Crippen molar-refractivity contribution in [3.05, 3.63) is 35.4 Å². The van der Waals surface area contributed by atoms with E-state index in [1.54, 1.807) is 14.7 Å². The molecule has 2 saturated heterocycles. The van der Waals surface area contributed by atoms with Crippen LogP contribution in [0.1, 0.15) is 31.4 Å². The monoisotopic (exact) mass is 371 g/mol. The van der Waals surface area contributed by atoms with Crippen LogP contribution < -0.4 is 0 Å². The number of piperazine rings is 1. The summed E-state index contributed by atoms with van der Waals surface area (Å²) in [4.78, 5) is 43.3. The van der Waals surface area contributed by atoms with E-state index < -0.39 is 6.04 Å². The minimum absolute atomic E-state index is 0.00606. The maximum absolute atomic E-state index is 12.8. The van der Waals surface area contributed by atoms with E-state index >= 15 is 0 Å². The third-order valence-corrected chi connectivity index (χ3v) is 5.44. The molecule has 1 aromatic rings. The average Bonchev–Trinajstić information content (AvgIpc) is 2.84. The summed E-state index contributed by atoms with van der Waals surface area (Å²) in [6, 6.07) is 7.46. The molecule has 0 bridgehead atoms. The van der Waals surface area contributed by atoms with Gasteiger partial charge in [0.1, 0.15) is 6.04 Å². The van der Waals surface area contributed by atoms with Gasteiger partial charge in [0.25, 0.3) is 0 Å². The van der Waals surface area contributed by atoms with Crippen LogP contribution in [0.15, 0.2) is 24.3 Å². The van der Waals surface area contributed by atoms with Gasteiger partial charge in [0.2, 0.25) is 17.7 Å². The Bertz CT molecular complexity index is 731. The van der Waals surface area contributed by atoms with E-state index in [-0.39, 0.29) is 24.3 Å². The largest absolute Gasteiger partial charge is 0.341 e. The molecule has 1 aromatic carbocycles. The summed E-state index contributed by atoms with van der Waals surface area (Å²) in [5, 5.41) is 0. The summed E-state index contributed by atoms with van der Waals surface area (Å²) in [7, 11) is 0. The smallest absolute Gasteiger partial charge is 0.245 e. The standard InChI is InChI=1S/C21H29N3O3/c1-15(2)13-23-14-20(26)24-11-10-22(9-8-18(24)21(23)27)19(25)12-17-7-5-4-6-16(17)3/h4-7,15,18H,8-14H2,1-3H3. The van der Waals surface area contributed by atoms with E-state index in [1.165, 1.54) is 0 Å². The molecule has 3 rings (SSSR count). The molecule has 0 aromatic heterocycles. The molecule has 0 radical (unpaired) electrons. The minimum Gasteiger partial charge on any atom is -0.341 e. The molecule has 0 aliphatic carbocycles. The van der Waals surface area contributed by atoms with Crippen LogP contribution in [-0.2, 0) is 20.8 Å². The molecule has 0 N–H and O–H groups in total. The van der Waals surface area contributed by atoms with Crippen molar-refractivity contribution >= 4 is 17.7 Å². The van der Waals surface area contributed by atoms with Gasteiger partial charge in [0.15, 0.2) is 0 Å². The first kappa shape index (κ1) is 19.4. The molecule has 2 aliphatic heterocycles. The Morgan fingerprint density at radius 1 is 1.15 bits per heavy atom. The molecule has 1 atom stereocenters. The predicted molar refractivity (Wildman–Crippen MR) is 103 cm³/mol. The second kappa shape index (κ2) is 8.11. The Labute approximate surface area is 161 Å². The van der Waals surface area contributed by atoms with E-state index in [2.05, 4.69) is 0 Å². The first-order chi connectivity index (χ1) is 12.9. The van der Waals surface area contributed by atoms with Gasteiger partial charge in [-0.15, -0.1) is 0 Å². The quantitative estimate of drug-likeness (QED) is 0.805. The zero-order chi connectivity index (χ0) is 19.6. The fourth-order valence-corrected chi connectivity index (χ4v) is 3.96. The lowest BCUT2D eigenvalue weighted by Crippen LogP contribution is -2.60. The summed E-state index contributed by atoms with van der Waals surface area (Å²) < 4.78 is 0. The molecule has 146 valence electrons. The predicted octanol–water partition coefficient (Wildman–Crippen LogP) is 1.47. The lowest BCUT2D eigenvalue weighted by atomic mass is 10.0. The average molecular weight is 371 g/mol. The van der Waals surface area contributed by atoms with E-state index in [0.717, 1.165) is 11.1 Å². The first-order valence-electron chi connectivity index (χ1n) is 9.77. The number of hydrogen-bond acceptors (Lipinski definition) is 3. The molecule has 2 fully saturated rings. The van der Waals surface area contributed by atoms with Crippen LogP contribution in [0.25, 0.3) is 0 Å². The number of carbonyl (C=O) groups excluding carboxylic acids is 3. The molecular weight excluding hydrogens is 342 g/mol. The topological polar surface area (TPSA) is 60.9 Å². The molecule has 2 heterocycles. The second-order valence-electron chi connectivity index (χ2n) is 7.99. The Hall–Kier alpha value is -2.37. The molecule has 2 aliphatic rings. The Balaban J connectivity index is 1.67. The molecule has 0 saturated carbocycles. The molecule has 6 nitrogen and oxygen atoms in total. The number of hydrogen-bond donors (Lipinski definition) is 0. The number of rotatable bonds is 4. The highest BCUT2D eigenvalue weighted by Gasteiger charge is 2.41. The molecule has 27 heavy (non-hydrogen) atoms. The van der Waals surface area contributed by atoms with Gasteiger partial charge < -0.3 is 14.7 Å². The summed E-state index contributed by atoms with van der Waals surface area (Å²) in [5.41, 5.74) is 2.13. The Morgan fingerprint density at radius 2 is 1.89 bits per heavy atom. The van der Waals surface area contributed by atoms with Crippen molar-refractivity contribution in [2.24, 2.45) is 5.92 Å². The van der Waals surface area contributed by atoms with Crippen molar-refractivity contribution in [1.82, 2.24) is 14.7 Å². The van der Waals surface area contributed by atoms with Gasteiger partial charge >= 0.3 is 0 Å². The van der Waals surface area contributed by atoms with Gasteiger partial charge in [-0.25, -0.2) is 0 Å². The zero-order valence-electron chi connectivity index (χ0n) is 16.5. The fourth-order valence-electron chi connectivity index (χ4n) is 3.96. The SMILES string of the molecule is Cc1ccccc1CC(=O)N1CCC2C(=O)N(CC(C)C)CC(=O)N2CC1. The third kappa shape index (κ3) is 4.31. The highest BCUT2D eigenvalue weighted by molar-refractivity contribution is 5.95. The van der Waals surface area contributed by atoms with Crippen molar-refractivity contribution in [1.29, 1.82) is 0 Å². The van der Waals surface area contributed by atoms with Crippen molar-refractivity contribution in [3.63, 3.8) is 0 Å². The maximum Gasteiger partial charge on any atom is 0.245 e. The summed E-state index contributed by atoms with van der Waals surface area (Å²) >= 11 is 0. The highest BCUT2D eigenvalue weighted by Crippen LogP contribution is 2.21. The number of nitrogens with zero attached hydrogens (tertiary/aromatic N) is 3. The number of carbonyl (C=O) groups is 3. The zero-order valence-corrected chi connectivity index (χ0v) is 16.5. The van der Waals surface area contributed by atoms with Gasteiger partial charge in [-0.1, -0.05) is 38.1 Å². The van der Waals surface area contributed by atoms with E-state index in [4.69, 9.17) is 0 Å². The van der Waals surface area contributed by atoms with Crippen LogP contribution in [0.5, 0.6) is 0 Å². The van der Waals surface area contributed by atoms with Crippen LogP contribution in [0.4, 0.5) is 0 Å². The van der Waals surface area contributed by atoms with Crippen LogP contribution in [0.2, 0.25) is 0 Å². The van der Waals surface area contributed by atoms with Crippen molar-refractivity contribution in [2.75, 3.05) is 32.7 Å². The van der Waals surface area contributed by atoms with Crippen molar-refractivity contribution in [3.8, 4) is 0 Å². The Kier molecular flexibility index (Phi) is 5.82. The number of benzene rings is 1. The van der Waals surface area contributed by atoms with Gasteiger partial charge in [-0.2, -0.15) is 0 Å². The number of aryl methyl sites for hydroxylation is 1. The lowest BCUT2D eigenvalue weighted by Gasteiger charge is -2.39. The van der Waals surface area contributed by atoms with Crippen molar-refractivity contribution in [2.45, 2.75) is 39.7 Å². The normalized spacial score (nSPS) is 20.7. The molecule has 6 heteroatoms. The summed E-state index contributed by atoms with van der Waals surface area (Å²) in [6.45, 7) is 8.29. The van der Waals surface area contributed by atoms with Crippen molar-refractivity contribution < 1.29 is 14.4 Å². The molecule has 0 spiro atoms. The van der Waals surface area contributed by atoms with E-state index in [1.807, 2.05) is 45.0 Å². The van der Waals surface area contributed by atoms with Crippen LogP contribution in [0.3, 0.4) is 0 Å². The molecule has 3 amide bonds. The molecular formula is C21H29N3O3. The van der Waals surface area contributed by atoms with Gasteiger partial charge in [-0.3, -0.25) is 14.4 Å². The fraction of sp³-hybridized carbons (Fsp3) is 0.571. The van der Waals surface area contributed by atoms with Gasteiger partial charge in [-0.05, 0) is 30.4 Å². The molecule has 1 unspecified atom stereocenters. The number of fused-ring (bicyclic) bond motifs is 1. The third-order valence-electron chi connectivity index (χ3n) is 5.44. The maximum atomic E-state index is 12.8.